The van der Waals surface area contributed by atoms with Crippen molar-refractivity contribution in [3.05, 3.63) is 65.2 Å². The molecule has 1 aliphatic heterocycles. The molecule has 2 aliphatic rings. The Morgan fingerprint density at radius 1 is 0.929 bits per heavy atom. The molecule has 0 bridgehead atoms. The molecule has 2 aromatic carbocycles. The summed E-state index contributed by atoms with van der Waals surface area (Å²) in [4.78, 5) is 2.74. The zero-order valence-electron chi connectivity index (χ0n) is 17.7. The molecule has 4 rings (SSSR count). The van der Waals surface area contributed by atoms with E-state index in [0.717, 1.165) is 6.04 Å². The van der Waals surface area contributed by atoms with Crippen LogP contribution in [0.25, 0.3) is 0 Å². The maximum atomic E-state index is 2.74. The highest BCUT2D eigenvalue weighted by molar-refractivity contribution is 5.55. The van der Waals surface area contributed by atoms with E-state index in [-0.39, 0.29) is 12.4 Å². The first-order chi connectivity index (χ1) is 13.0. The second-order valence-electron chi connectivity index (χ2n) is 9.25. The average molecular weight is 399 g/mol. The first-order valence-corrected chi connectivity index (χ1v) is 10.8. The van der Waals surface area contributed by atoms with E-state index in [1.165, 1.54) is 67.3 Å². The summed E-state index contributed by atoms with van der Waals surface area (Å²) in [6, 6.07) is 19.4. The number of aryl methyl sites for hydroxylation is 1. The van der Waals surface area contributed by atoms with Gasteiger partial charge in [-0.15, -0.1) is 0 Å². The molecule has 152 valence electrons. The average Bonchev–Trinajstić information content (AvgIpc) is 3.08. The van der Waals surface area contributed by atoms with Gasteiger partial charge in [0.05, 0.1) is 26.7 Å². The van der Waals surface area contributed by atoms with Gasteiger partial charge in [-0.3, -0.25) is 0 Å². The topological polar surface area (TPSA) is 3.24 Å². The molecular weight excluding hydrogens is 364 g/mol. The number of halogens is 1. The lowest BCUT2D eigenvalue weighted by Gasteiger charge is -2.43. The molecule has 28 heavy (non-hydrogen) atoms. The van der Waals surface area contributed by atoms with Crippen molar-refractivity contribution in [2.24, 2.45) is 0 Å². The minimum Gasteiger partial charge on any atom is -1.00 e. The Morgan fingerprint density at radius 2 is 1.57 bits per heavy atom. The normalized spacial score (nSPS) is 21.0. The fraction of sp³-hybridized carbons (Fsp3) is 0.520. The molecule has 2 aromatic rings. The SMILES string of the molecule is Cc1ccccc1N(CC[C@@H]1CCCC[N+]1(C)C)C1Cc2ccccc2C1.[Cl-]. The minimum absolute atomic E-state index is 0. The molecule has 1 atom stereocenters. The van der Waals surface area contributed by atoms with Crippen LogP contribution in [0.4, 0.5) is 5.69 Å². The van der Waals surface area contributed by atoms with Gasteiger partial charge in [0.15, 0.2) is 0 Å². The van der Waals surface area contributed by atoms with Crippen molar-refractivity contribution < 1.29 is 16.9 Å². The van der Waals surface area contributed by atoms with Crippen LogP contribution < -0.4 is 17.3 Å². The second kappa shape index (κ2) is 8.88. The standard InChI is InChI=1S/C25H35N2.ClH/c1-20-10-4-7-14-25(20)26(16-15-24-13-8-9-17-27(24,2)3)23-18-21-11-5-6-12-22(21)19-23;/h4-7,10-12,14,23-24H,8-9,13,15-19H2,1-3H3;1H/q+1;/p-1/t24-;/m0./s1. The van der Waals surface area contributed by atoms with E-state index in [4.69, 9.17) is 0 Å². The van der Waals surface area contributed by atoms with Gasteiger partial charge in [0.25, 0.3) is 0 Å². The number of quaternary nitrogens is 1. The van der Waals surface area contributed by atoms with E-state index in [9.17, 15) is 0 Å². The molecule has 0 radical (unpaired) electrons. The van der Waals surface area contributed by atoms with Gasteiger partial charge in [0, 0.05) is 24.7 Å². The number of likely N-dealkylation sites (tertiary alicyclic amines) is 1. The summed E-state index contributed by atoms with van der Waals surface area (Å²) >= 11 is 0. The van der Waals surface area contributed by atoms with Gasteiger partial charge in [-0.2, -0.15) is 0 Å². The summed E-state index contributed by atoms with van der Waals surface area (Å²) < 4.78 is 1.20. The Kier molecular flexibility index (Phi) is 6.73. The van der Waals surface area contributed by atoms with Crippen molar-refractivity contribution in [3.63, 3.8) is 0 Å². The third kappa shape index (κ3) is 4.39. The maximum absolute atomic E-state index is 2.74. The quantitative estimate of drug-likeness (QED) is 0.696. The van der Waals surface area contributed by atoms with Gasteiger partial charge in [0.1, 0.15) is 0 Å². The number of hydrogen-bond acceptors (Lipinski definition) is 1. The molecule has 0 N–H and O–H groups in total. The van der Waals surface area contributed by atoms with Crippen LogP contribution in [-0.2, 0) is 12.8 Å². The van der Waals surface area contributed by atoms with Gasteiger partial charge < -0.3 is 21.8 Å². The van der Waals surface area contributed by atoms with Crippen molar-refractivity contribution in [1.82, 2.24) is 0 Å². The van der Waals surface area contributed by atoms with Gasteiger partial charge >= 0.3 is 0 Å². The number of fused-ring (bicyclic) bond motifs is 1. The van der Waals surface area contributed by atoms with E-state index >= 15 is 0 Å². The van der Waals surface area contributed by atoms with Crippen molar-refractivity contribution in [2.75, 3.05) is 32.1 Å². The van der Waals surface area contributed by atoms with Gasteiger partial charge in [-0.25, -0.2) is 0 Å². The summed E-state index contributed by atoms with van der Waals surface area (Å²) in [6.07, 6.45) is 7.86. The molecule has 0 amide bonds. The highest BCUT2D eigenvalue weighted by Crippen LogP contribution is 2.32. The predicted octanol–water partition coefficient (Wildman–Crippen LogP) is 1.99. The molecule has 1 fully saturated rings. The molecule has 3 heteroatoms. The third-order valence-corrected chi connectivity index (χ3v) is 7.11. The lowest BCUT2D eigenvalue weighted by atomic mass is 9.96. The van der Waals surface area contributed by atoms with Crippen LogP contribution in [0.15, 0.2) is 48.5 Å². The molecule has 0 saturated carbocycles. The molecule has 0 spiro atoms. The van der Waals surface area contributed by atoms with Crippen LogP contribution in [-0.4, -0.2) is 43.8 Å². The third-order valence-electron chi connectivity index (χ3n) is 7.11. The van der Waals surface area contributed by atoms with E-state index in [0.29, 0.717) is 6.04 Å². The number of hydrogen-bond donors (Lipinski definition) is 0. The van der Waals surface area contributed by atoms with Crippen LogP contribution in [0.3, 0.4) is 0 Å². The number of benzene rings is 2. The number of anilines is 1. The summed E-state index contributed by atoms with van der Waals surface area (Å²) in [6.45, 7) is 4.78. The van der Waals surface area contributed by atoms with Gasteiger partial charge in [-0.1, -0.05) is 42.5 Å². The van der Waals surface area contributed by atoms with Crippen molar-refractivity contribution >= 4 is 5.69 Å². The van der Waals surface area contributed by atoms with E-state index in [1.807, 2.05) is 0 Å². The Hall–Kier alpha value is -1.51. The Balaban J connectivity index is 0.00000225. The van der Waals surface area contributed by atoms with Crippen molar-refractivity contribution in [1.29, 1.82) is 0 Å². The van der Waals surface area contributed by atoms with E-state index in [2.05, 4.69) is 74.4 Å². The zero-order valence-corrected chi connectivity index (χ0v) is 18.5. The van der Waals surface area contributed by atoms with Crippen LogP contribution in [0, 0.1) is 6.92 Å². The van der Waals surface area contributed by atoms with Crippen molar-refractivity contribution in [2.45, 2.75) is 57.5 Å². The fourth-order valence-electron chi connectivity index (χ4n) is 5.35. The van der Waals surface area contributed by atoms with Crippen LogP contribution in [0.1, 0.15) is 42.4 Å². The van der Waals surface area contributed by atoms with Crippen LogP contribution >= 0.6 is 0 Å². The lowest BCUT2D eigenvalue weighted by Crippen LogP contribution is -3.00. The number of nitrogens with zero attached hydrogens (tertiary/aromatic N) is 2. The van der Waals surface area contributed by atoms with E-state index < -0.39 is 0 Å². The molecule has 1 saturated heterocycles. The molecule has 0 unspecified atom stereocenters. The second-order valence-corrected chi connectivity index (χ2v) is 9.25. The summed E-state index contributed by atoms with van der Waals surface area (Å²) in [7, 11) is 4.88. The number of para-hydroxylation sites is 1. The van der Waals surface area contributed by atoms with Gasteiger partial charge in [-0.05, 0) is 61.8 Å². The predicted molar refractivity (Wildman–Crippen MR) is 115 cm³/mol. The van der Waals surface area contributed by atoms with Crippen LogP contribution in [0.5, 0.6) is 0 Å². The summed E-state index contributed by atoms with van der Waals surface area (Å²) in [5.74, 6) is 0. The molecule has 2 nitrogen and oxygen atoms in total. The minimum atomic E-state index is 0. The van der Waals surface area contributed by atoms with Crippen molar-refractivity contribution in [3.8, 4) is 0 Å². The Morgan fingerprint density at radius 3 is 2.21 bits per heavy atom. The number of piperidine rings is 1. The highest BCUT2D eigenvalue weighted by atomic mass is 35.5. The maximum Gasteiger partial charge on any atom is 0.0903 e. The molecular formula is C25H35ClN2. The summed E-state index contributed by atoms with van der Waals surface area (Å²) in [5.41, 5.74) is 5.95. The van der Waals surface area contributed by atoms with Gasteiger partial charge in [0.2, 0.25) is 0 Å². The first kappa shape index (κ1) is 21.2. The lowest BCUT2D eigenvalue weighted by molar-refractivity contribution is -0.920. The Labute approximate surface area is 177 Å². The molecule has 1 aliphatic carbocycles. The van der Waals surface area contributed by atoms with Crippen LogP contribution in [0.2, 0.25) is 0 Å². The highest BCUT2D eigenvalue weighted by Gasteiger charge is 2.33. The zero-order chi connectivity index (χ0) is 18.9. The van der Waals surface area contributed by atoms with E-state index in [1.54, 1.807) is 11.1 Å². The largest absolute Gasteiger partial charge is 1.00 e. The Bertz CT molecular complexity index is 761. The first-order valence-electron chi connectivity index (χ1n) is 10.8. The number of rotatable bonds is 5. The smallest absolute Gasteiger partial charge is 0.0903 e. The molecule has 0 aromatic heterocycles. The fourth-order valence-corrected chi connectivity index (χ4v) is 5.35. The monoisotopic (exact) mass is 398 g/mol. The molecule has 1 heterocycles. The summed E-state index contributed by atoms with van der Waals surface area (Å²) in [5, 5.41) is 0.